The van der Waals surface area contributed by atoms with E-state index in [1.165, 1.54) is 0 Å². The molecule has 2 heterocycles. The number of rotatable bonds is 7. The van der Waals surface area contributed by atoms with Crippen LogP contribution in [0.3, 0.4) is 0 Å². The van der Waals surface area contributed by atoms with Crippen molar-refractivity contribution in [3.8, 4) is 0 Å². The van der Waals surface area contributed by atoms with Crippen LogP contribution in [-0.4, -0.2) is 52.4 Å². The highest BCUT2D eigenvalue weighted by molar-refractivity contribution is 5.78. The monoisotopic (exact) mass is 320 g/mol. The minimum Gasteiger partial charge on any atom is -0.383 e. The molecule has 1 amide bonds. The maximum Gasteiger partial charge on any atom is 0.223 e. The molecule has 0 spiro atoms. The predicted octanol–water partition coefficient (Wildman–Crippen LogP) is 1.63. The molecule has 3 atom stereocenters. The van der Waals surface area contributed by atoms with Crippen LogP contribution in [0, 0.1) is 0 Å². The number of carbonyl (C=O) groups is 1. The number of nitrogens with one attached hydrogen (secondary N) is 1. The summed E-state index contributed by atoms with van der Waals surface area (Å²) in [4.78, 5) is 14.7. The molecule has 2 aliphatic rings. The molecule has 1 aromatic rings. The lowest BCUT2D eigenvalue weighted by Crippen LogP contribution is -2.54. The van der Waals surface area contributed by atoms with Crippen LogP contribution in [-0.2, 0) is 16.6 Å². The van der Waals surface area contributed by atoms with Gasteiger partial charge in [0.2, 0.25) is 5.91 Å². The standard InChI is InChI=1S/C17H28N4O2/c1-4-12(11-23-3)19-14-7-8-16(22)21(13-5-6-13)17(14)15-9-10-18-20(15)2/h9-10,12-14,17,19H,4-8,11H2,1-3H3/t12?,14-,17-/m1/s1. The van der Waals surface area contributed by atoms with Crippen molar-refractivity contribution in [2.75, 3.05) is 13.7 Å². The molecule has 6 nitrogen and oxygen atoms in total. The largest absolute Gasteiger partial charge is 0.383 e. The van der Waals surface area contributed by atoms with Crippen LogP contribution in [0.1, 0.15) is 50.8 Å². The van der Waals surface area contributed by atoms with Gasteiger partial charge in [0.05, 0.1) is 18.3 Å². The van der Waals surface area contributed by atoms with E-state index in [9.17, 15) is 4.79 Å². The van der Waals surface area contributed by atoms with Crippen molar-refractivity contribution in [2.24, 2.45) is 7.05 Å². The fourth-order valence-electron chi connectivity index (χ4n) is 3.68. The molecule has 128 valence electrons. The van der Waals surface area contributed by atoms with Gasteiger partial charge in [0.15, 0.2) is 0 Å². The molecular formula is C17H28N4O2. The van der Waals surface area contributed by atoms with Crippen LogP contribution in [0.5, 0.6) is 0 Å². The molecule has 6 heteroatoms. The van der Waals surface area contributed by atoms with Gasteiger partial charge in [-0.25, -0.2) is 0 Å². The average molecular weight is 320 g/mol. The number of aryl methyl sites for hydroxylation is 1. The molecule has 1 unspecified atom stereocenters. The van der Waals surface area contributed by atoms with Crippen molar-refractivity contribution in [2.45, 2.75) is 63.2 Å². The van der Waals surface area contributed by atoms with Gasteiger partial charge in [0.1, 0.15) is 0 Å². The number of piperidine rings is 1. The number of methoxy groups -OCH3 is 1. The summed E-state index contributed by atoms with van der Waals surface area (Å²) in [5.41, 5.74) is 1.12. The number of likely N-dealkylation sites (tertiary alicyclic amines) is 1. The zero-order chi connectivity index (χ0) is 16.4. The molecule has 0 aromatic carbocycles. The summed E-state index contributed by atoms with van der Waals surface area (Å²) in [5.74, 6) is 0.288. The summed E-state index contributed by atoms with van der Waals surface area (Å²) >= 11 is 0. The second kappa shape index (κ2) is 7.01. The predicted molar refractivity (Wildman–Crippen MR) is 87.9 cm³/mol. The number of aromatic nitrogens is 2. The van der Waals surface area contributed by atoms with Crippen LogP contribution in [0.2, 0.25) is 0 Å². The van der Waals surface area contributed by atoms with Crippen molar-refractivity contribution in [1.82, 2.24) is 20.0 Å². The molecular weight excluding hydrogens is 292 g/mol. The second-order valence-electron chi connectivity index (χ2n) is 6.73. The Labute approximate surface area is 138 Å². The molecule has 0 radical (unpaired) electrons. The van der Waals surface area contributed by atoms with E-state index in [1.54, 1.807) is 7.11 Å². The van der Waals surface area contributed by atoms with E-state index >= 15 is 0 Å². The van der Waals surface area contributed by atoms with Gasteiger partial charge < -0.3 is 15.0 Å². The van der Waals surface area contributed by atoms with Crippen molar-refractivity contribution in [1.29, 1.82) is 0 Å². The number of carbonyl (C=O) groups excluding carboxylic acids is 1. The van der Waals surface area contributed by atoms with E-state index in [2.05, 4.69) is 22.2 Å². The Kier molecular flexibility index (Phi) is 5.02. The fraction of sp³-hybridized carbons (Fsp3) is 0.765. The third-order valence-corrected chi connectivity index (χ3v) is 5.05. The Morgan fingerprint density at radius 1 is 1.43 bits per heavy atom. The highest BCUT2D eigenvalue weighted by Gasteiger charge is 2.45. The van der Waals surface area contributed by atoms with Crippen LogP contribution in [0.4, 0.5) is 0 Å². The minimum atomic E-state index is 0.0714. The summed E-state index contributed by atoms with van der Waals surface area (Å²) < 4.78 is 7.24. The van der Waals surface area contributed by atoms with Crippen LogP contribution < -0.4 is 5.32 Å². The number of ether oxygens (including phenoxy) is 1. The lowest BCUT2D eigenvalue weighted by atomic mass is 9.91. The Hall–Kier alpha value is -1.40. The third kappa shape index (κ3) is 3.43. The highest BCUT2D eigenvalue weighted by atomic mass is 16.5. The van der Waals surface area contributed by atoms with Gasteiger partial charge >= 0.3 is 0 Å². The van der Waals surface area contributed by atoms with E-state index < -0.39 is 0 Å². The first kappa shape index (κ1) is 16.5. The molecule has 1 aliphatic carbocycles. The van der Waals surface area contributed by atoms with Gasteiger partial charge in [0.25, 0.3) is 0 Å². The molecule has 1 aliphatic heterocycles. The molecule has 1 N–H and O–H groups in total. The minimum absolute atomic E-state index is 0.0714. The maximum atomic E-state index is 12.6. The zero-order valence-electron chi connectivity index (χ0n) is 14.4. The van der Waals surface area contributed by atoms with E-state index in [-0.39, 0.29) is 18.0 Å². The van der Waals surface area contributed by atoms with Gasteiger partial charge in [-0.05, 0) is 31.7 Å². The molecule has 3 rings (SSSR count). The van der Waals surface area contributed by atoms with Crippen LogP contribution in [0.15, 0.2) is 12.3 Å². The lowest BCUT2D eigenvalue weighted by molar-refractivity contribution is -0.139. The smallest absolute Gasteiger partial charge is 0.223 e. The topological polar surface area (TPSA) is 59.4 Å². The first-order chi connectivity index (χ1) is 11.2. The molecule has 1 saturated carbocycles. The Bertz CT molecular complexity index is 540. The third-order valence-electron chi connectivity index (χ3n) is 5.05. The Balaban J connectivity index is 1.86. The van der Waals surface area contributed by atoms with Gasteiger partial charge in [-0.3, -0.25) is 9.48 Å². The van der Waals surface area contributed by atoms with Crippen molar-refractivity contribution < 1.29 is 9.53 Å². The Morgan fingerprint density at radius 2 is 2.22 bits per heavy atom. The summed E-state index contributed by atoms with van der Waals surface area (Å²) in [6.07, 6.45) is 6.59. The first-order valence-corrected chi connectivity index (χ1v) is 8.69. The number of amides is 1. The number of hydrogen-bond acceptors (Lipinski definition) is 4. The first-order valence-electron chi connectivity index (χ1n) is 8.69. The summed E-state index contributed by atoms with van der Waals surface area (Å²) in [5, 5.41) is 8.07. The normalized spacial score (nSPS) is 26.6. The van der Waals surface area contributed by atoms with Crippen molar-refractivity contribution >= 4 is 5.91 Å². The summed E-state index contributed by atoms with van der Waals surface area (Å²) in [6.45, 7) is 2.87. The quantitative estimate of drug-likeness (QED) is 0.829. The molecule has 23 heavy (non-hydrogen) atoms. The van der Waals surface area contributed by atoms with Crippen molar-refractivity contribution in [3.63, 3.8) is 0 Å². The fourth-order valence-corrected chi connectivity index (χ4v) is 3.68. The van der Waals surface area contributed by atoms with Gasteiger partial charge in [-0.1, -0.05) is 6.92 Å². The summed E-state index contributed by atoms with van der Waals surface area (Å²) in [6, 6.07) is 3.10. The summed E-state index contributed by atoms with van der Waals surface area (Å²) in [7, 11) is 3.70. The van der Waals surface area contributed by atoms with E-state index in [0.717, 1.165) is 31.4 Å². The Morgan fingerprint density at radius 3 is 2.78 bits per heavy atom. The highest BCUT2D eigenvalue weighted by Crippen LogP contribution is 2.40. The van der Waals surface area contributed by atoms with Crippen molar-refractivity contribution in [3.05, 3.63) is 18.0 Å². The van der Waals surface area contributed by atoms with E-state index in [1.807, 2.05) is 24.0 Å². The average Bonchev–Trinajstić information content (AvgIpc) is 3.29. The molecule has 0 bridgehead atoms. The zero-order valence-corrected chi connectivity index (χ0v) is 14.4. The SMILES string of the molecule is CCC(COC)N[C@@H]1CCC(=O)N(C2CC2)[C@H]1c1ccnn1C. The number of nitrogens with zero attached hydrogens (tertiary/aromatic N) is 3. The van der Waals surface area contributed by atoms with E-state index in [4.69, 9.17) is 4.74 Å². The van der Waals surface area contributed by atoms with E-state index in [0.29, 0.717) is 25.1 Å². The van der Waals surface area contributed by atoms with Crippen LogP contribution >= 0.6 is 0 Å². The maximum absolute atomic E-state index is 12.6. The molecule has 1 saturated heterocycles. The van der Waals surface area contributed by atoms with Crippen LogP contribution in [0.25, 0.3) is 0 Å². The molecule has 1 aromatic heterocycles. The number of hydrogen-bond donors (Lipinski definition) is 1. The van der Waals surface area contributed by atoms with Gasteiger partial charge in [-0.15, -0.1) is 0 Å². The van der Waals surface area contributed by atoms with Gasteiger partial charge in [-0.2, -0.15) is 5.10 Å². The second-order valence-corrected chi connectivity index (χ2v) is 6.73. The van der Waals surface area contributed by atoms with Gasteiger partial charge in [0, 0.05) is 44.9 Å². The molecule has 2 fully saturated rings. The lowest BCUT2D eigenvalue weighted by Gasteiger charge is -2.43.